The second-order valence-corrected chi connectivity index (χ2v) is 2.47. The summed E-state index contributed by atoms with van der Waals surface area (Å²) in [5.41, 5.74) is 0. The minimum atomic E-state index is -0.774. The Labute approximate surface area is 72.8 Å². The molecule has 2 rings (SSSR count). The van der Waals surface area contributed by atoms with Crippen molar-refractivity contribution < 1.29 is 9.63 Å². The zero-order valence-electron chi connectivity index (χ0n) is 6.80. The maximum atomic E-state index is 9.09. The molecule has 7 nitrogen and oxygen atoms in total. The number of aromatic nitrogens is 5. The van der Waals surface area contributed by atoms with Crippen molar-refractivity contribution in [1.29, 1.82) is 0 Å². The molecular formula is C6H7N5O2. The van der Waals surface area contributed by atoms with Crippen LogP contribution < -0.4 is 0 Å². The third kappa shape index (κ3) is 1.41. The molecule has 1 atom stereocenters. The highest BCUT2D eigenvalue weighted by molar-refractivity contribution is 5.39. The Balaban J connectivity index is 2.33. The lowest BCUT2D eigenvalue weighted by atomic mass is 10.4. The van der Waals surface area contributed by atoms with Crippen LogP contribution in [-0.4, -0.2) is 30.4 Å². The number of aliphatic hydroxyl groups is 1. The smallest absolute Gasteiger partial charge is 0.255 e. The van der Waals surface area contributed by atoms with E-state index in [0.717, 1.165) is 0 Å². The molecule has 0 radical (unpaired) electrons. The van der Waals surface area contributed by atoms with Crippen LogP contribution in [-0.2, 0) is 0 Å². The molecule has 0 bridgehead atoms. The Morgan fingerprint density at radius 1 is 1.62 bits per heavy atom. The van der Waals surface area contributed by atoms with E-state index in [2.05, 4.69) is 25.3 Å². The van der Waals surface area contributed by atoms with Crippen LogP contribution in [0.5, 0.6) is 0 Å². The summed E-state index contributed by atoms with van der Waals surface area (Å²) in [4.78, 5) is 7.72. The van der Waals surface area contributed by atoms with Crippen LogP contribution in [0.3, 0.4) is 0 Å². The Hall–Kier alpha value is -1.76. The minimum Gasteiger partial charge on any atom is -0.384 e. The Kier molecular flexibility index (Phi) is 1.78. The van der Waals surface area contributed by atoms with Gasteiger partial charge >= 0.3 is 0 Å². The molecule has 0 spiro atoms. The monoisotopic (exact) mass is 181 g/mol. The van der Waals surface area contributed by atoms with E-state index in [1.807, 2.05) is 0 Å². The second kappa shape index (κ2) is 2.94. The third-order valence-corrected chi connectivity index (χ3v) is 1.43. The topological polar surface area (TPSA) is 101 Å². The second-order valence-electron chi connectivity index (χ2n) is 2.47. The van der Waals surface area contributed by atoms with Gasteiger partial charge in [0.15, 0.2) is 5.82 Å². The van der Waals surface area contributed by atoms with Crippen LogP contribution in [0.1, 0.15) is 18.9 Å². The fourth-order valence-electron chi connectivity index (χ4n) is 0.814. The zero-order chi connectivity index (χ0) is 9.26. The lowest BCUT2D eigenvalue weighted by Gasteiger charge is -1.91. The predicted molar refractivity (Wildman–Crippen MR) is 40.3 cm³/mol. The van der Waals surface area contributed by atoms with Gasteiger partial charge in [-0.05, 0) is 6.92 Å². The molecule has 0 saturated heterocycles. The van der Waals surface area contributed by atoms with Gasteiger partial charge in [0.1, 0.15) is 12.4 Å². The van der Waals surface area contributed by atoms with Crippen LogP contribution in [0.15, 0.2) is 10.9 Å². The number of H-pyrrole nitrogens is 1. The van der Waals surface area contributed by atoms with Gasteiger partial charge in [0.25, 0.3) is 5.89 Å². The number of aromatic amines is 1. The van der Waals surface area contributed by atoms with E-state index in [0.29, 0.717) is 5.82 Å². The summed E-state index contributed by atoms with van der Waals surface area (Å²) in [5, 5.41) is 18.9. The minimum absolute atomic E-state index is 0.159. The van der Waals surface area contributed by atoms with Gasteiger partial charge in [-0.15, -0.1) is 0 Å². The van der Waals surface area contributed by atoms with E-state index in [4.69, 9.17) is 9.63 Å². The molecule has 2 aromatic rings. The lowest BCUT2D eigenvalue weighted by Crippen LogP contribution is -1.90. The summed E-state index contributed by atoms with van der Waals surface area (Å²) in [6, 6.07) is 0. The van der Waals surface area contributed by atoms with Crippen LogP contribution in [0, 0.1) is 0 Å². The van der Waals surface area contributed by atoms with E-state index < -0.39 is 6.10 Å². The number of aliphatic hydroxyl groups excluding tert-OH is 1. The van der Waals surface area contributed by atoms with E-state index in [1.54, 1.807) is 0 Å². The van der Waals surface area contributed by atoms with Crippen molar-refractivity contribution in [2.75, 3.05) is 0 Å². The predicted octanol–water partition coefficient (Wildman–Crippen LogP) is -0.0920. The van der Waals surface area contributed by atoms with Crippen molar-refractivity contribution in [2.24, 2.45) is 0 Å². The normalized spacial score (nSPS) is 13.1. The summed E-state index contributed by atoms with van der Waals surface area (Å²) in [6.45, 7) is 1.54. The Bertz CT molecular complexity index is 379. The molecule has 7 heteroatoms. The van der Waals surface area contributed by atoms with E-state index in [1.165, 1.54) is 13.3 Å². The molecule has 0 aliphatic heterocycles. The summed E-state index contributed by atoms with van der Waals surface area (Å²) < 4.78 is 4.75. The van der Waals surface area contributed by atoms with Crippen molar-refractivity contribution in [3.63, 3.8) is 0 Å². The van der Waals surface area contributed by atoms with Crippen molar-refractivity contribution in [1.82, 2.24) is 25.3 Å². The summed E-state index contributed by atoms with van der Waals surface area (Å²) >= 11 is 0. The van der Waals surface area contributed by atoms with Gasteiger partial charge in [0.05, 0.1) is 0 Å². The maximum absolute atomic E-state index is 9.09. The fraction of sp³-hybridized carbons (Fsp3) is 0.333. The molecule has 0 saturated carbocycles. The highest BCUT2D eigenvalue weighted by atomic mass is 16.5. The number of hydrogen-bond donors (Lipinski definition) is 2. The summed E-state index contributed by atoms with van der Waals surface area (Å²) in [7, 11) is 0. The number of nitrogens with zero attached hydrogens (tertiary/aromatic N) is 4. The van der Waals surface area contributed by atoms with Gasteiger partial charge in [0.2, 0.25) is 5.82 Å². The first-order valence-corrected chi connectivity index (χ1v) is 3.65. The largest absolute Gasteiger partial charge is 0.384 e. The summed E-state index contributed by atoms with van der Waals surface area (Å²) in [6.07, 6.45) is 0.567. The Morgan fingerprint density at radius 2 is 2.46 bits per heavy atom. The first kappa shape index (κ1) is 7.87. The standard InChI is InChI=1S/C6H7N5O2/c1-3(12)6-9-5(11-13-6)4-7-2-8-10-4/h2-3,12H,1H3,(H,7,8,10). The highest BCUT2D eigenvalue weighted by Crippen LogP contribution is 2.13. The van der Waals surface area contributed by atoms with Crippen LogP contribution in [0.4, 0.5) is 0 Å². The number of rotatable bonds is 2. The third-order valence-electron chi connectivity index (χ3n) is 1.43. The molecular weight excluding hydrogens is 174 g/mol. The van der Waals surface area contributed by atoms with Crippen LogP contribution >= 0.6 is 0 Å². The van der Waals surface area contributed by atoms with Gasteiger partial charge in [-0.3, -0.25) is 5.10 Å². The number of nitrogens with one attached hydrogen (secondary N) is 1. The van der Waals surface area contributed by atoms with E-state index >= 15 is 0 Å². The SMILES string of the molecule is CC(O)c1nc(-c2ncn[nH]2)no1. The fourth-order valence-corrected chi connectivity index (χ4v) is 0.814. The van der Waals surface area contributed by atoms with Crippen molar-refractivity contribution >= 4 is 0 Å². The molecule has 68 valence electrons. The highest BCUT2D eigenvalue weighted by Gasteiger charge is 2.13. The average Bonchev–Trinajstić information content (AvgIpc) is 2.75. The lowest BCUT2D eigenvalue weighted by molar-refractivity contribution is 0.152. The summed E-state index contributed by atoms with van der Waals surface area (Å²) in [5.74, 6) is 0.857. The number of hydrogen-bond acceptors (Lipinski definition) is 6. The van der Waals surface area contributed by atoms with Crippen molar-refractivity contribution in [2.45, 2.75) is 13.0 Å². The molecule has 0 amide bonds. The van der Waals surface area contributed by atoms with E-state index in [9.17, 15) is 0 Å². The molecule has 0 fully saturated rings. The molecule has 2 aromatic heterocycles. The molecule has 0 aliphatic rings. The quantitative estimate of drug-likeness (QED) is 0.671. The van der Waals surface area contributed by atoms with Crippen molar-refractivity contribution in [3.05, 3.63) is 12.2 Å². The van der Waals surface area contributed by atoms with Crippen LogP contribution in [0.2, 0.25) is 0 Å². The van der Waals surface area contributed by atoms with Gasteiger partial charge in [-0.2, -0.15) is 10.1 Å². The molecule has 0 aliphatic carbocycles. The maximum Gasteiger partial charge on any atom is 0.255 e. The molecule has 13 heavy (non-hydrogen) atoms. The van der Waals surface area contributed by atoms with Gasteiger partial charge in [0, 0.05) is 0 Å². The molecule has 1 unspecified atom stereocenters. The zero-order valence-corrected chi connectivity index (χ0v) is 6.80. The van der Waals surface area contributed by atoms with Gasteiger partial charge < -0.3 is 9.63 Å². The van der Waals surface area contributed by atoms with Crippen LogP contribution in [0.25, 0.3) is 11.6 Å². The van der Waals surface area contributed by atoms with E-state index in [-0.39, 0.29) is 11.7 Å². The first-order valence-electron chi connectivity index (χ1n) is 3.65. The molecule has 2 N–H and O–H groups in total. The molecule has 2 heterocycles. The average molecular weight is 181 g/mol. The van der Waals surface area contributed by atoms with Gasteiger partial charge in [-0.25, -0.2) is 4.98 Å². The molecule has 0 aromatic carbocycles. The first-order chi connectivity index (χ1) is 6.27. The Morgan fingerprint density at radius 3 is 3.00 bits per heavy atom. The van der Waals surface area contributed by atoms with Crippen molar-refractivity contribution in [3.8, 4) is 11.6 Å². The van der Waals surface area contributed by atoms with Gasteiger partial charge in [-0.1, -0.05) is 5.16 Å².